The summed E-state index contributed by atoms with van der Waals surface area (Å²) in [7, 11) is 0. The van der Waals surface area contributed by atoms with E-state index in [1.165, 1.54) is 23.9 Å². The van der Waals surface area contributed by atoms with E-state index < -0.39 is 11.9 Å². The SMILES string of the molecule is CC1=C(C(N)=O)[C@H](c2ccc(C)cc2)N=C(SCc2ccc(F)cc2)N1. The number of aliphatic imine (C=N–C) groups is 1. The normalized spacial score (nSPS) is 16.9. The number of nitrogens with two attached hydrogens (primary N) is 1. The summed E-state index contributed by atoms with van der Waals surface area (Å²) in [5.41, 5.74) is 9.83. The molecule has 0 aliphatic carbocycles. The van der Waals surface area contributed by atoms with E-state index in [1.54, 1.807) is 12.1 Å². The summed E-state index contributed by atoms with van der Waals surface area (Å²) in [5, 5.41) is 3.87. The summed E-state index contributed by atoms with van der Waals surface area (Å²) in [6.45, 7) is 3.84. The molecule has 1 amide bonds. The number of allylic oxidation sites excluding steroid dienone is 1. The molecule has 0 spiro atoms. The van der Waals surface area contributed by atoms with E-state index in [0.29, 0.717) is 22.2 Å². The first-order chi connectivity index (χ1) is 12.4. The molecule has 0 radical (unpaired) electrons. The highest BCUT2D eigenvalue weighted by atomic mass is 32.2. The average Bonchev–Trinajstić information content (AvgIpc) is 2.61. The Balaban J connectivity index is 1.85. The molecular weight excluding hydrogens is 349 g/mol. The van der Waals surface area contributed by atoms with Crippen LogP contribution in [0.25, 0.3) is 0 Å². The highest BCUT2D eigenvalue weighted by molar-refractivity contribution is 8.13. The number of carbonyl (C=O) groups is 1. The number of amides is 1. The van der Waals surface area contributed by atoms with Crippen molar-refractivity contribution in [2.75, 3.05) is 0 Å². The Hall–Kier alpha value is -2.60. The number of carbonyl (C=O) groups excluding carboxylic acids is 1. The molecule has 0 bridgehead atoms. The van der Waals surface area contributed by atoms with Crippen molar-refractivity contribution in [3.63, 3.8) is 0 Å². The second kappa shape index (κ2) is 7.74. The molecule has 3 rings (SSSR count). The highest BCUT2D eigenvalue weighted by Crippen LogP contribution is 2.32. The standard InChI is InChI=1S/C20H20FN3OS/c1-12-3-7-15(8-4-12)18-17(19(22)25)13(2)23-20(24-18)26-11-14-5-9-16(21)10-6-14/h3-10,18H,11H2,1-2H3,(H2,22,25)(H,23,24)/t18-/m0/s1. The van der Waals surface area contributed by atoms with Gasteiger partial charge in [-0.05, 0) is 37.1 Å². The van der Waals surface area contributed by atoms with Gasteiger partial charge in [0.2, 0.25) is 5.91 Å². The van der Waals surface area contributed by atoms with Gasteiger partial charge in [0, 0.05) is 11.4 Å². The van der Waals surface area contributed by atoms with Crippen molar-refractivity contribution in [1.82, 2.24) is 5.32 Å². The summed E-state index contributed by atoms with van der Waals surface area (Å²) >= 11 is 1.51. The first kappa shape index (κ1) is 18.2. The Kier molecular flexibility index (Phi) is 5.42. The molecule has 0 saturated carbocycles. The van der Waals surface area contributed by atoms with Gasteiger partial charge in [-0.15, -0.1) is 0 Å². The molecule has 134 valence electrons. The molecule has 0 saturated heterocycles. The predicted octanol–water partition coefficient (Wildman–Crippen LogP) is 3.83. The van der Waals surface area contributed by atoms with Crippen LogP contribution in [-0.2, 0) is 10.5 Å². The molecule has 1 heterocycles. The van der Waals surface area contributed by atoms with E-state index in [1.807, 2.05) is 38.1 Å². The third-order valence-electron chi connectivity index (χ3n) is 4.17. The lowest BCUT2D eigenvalue weighted by Gasteiger charge is -2.25. The number of nitrogens with one attached hydrogen (secondary N) is 1. The van der Waals surface area contributed by atoms with E-state index >= 15 is 0 Å². The molecule has 1 atom stereocenters. The number of rotatable bonds is 4. The number of amidine groups is 1. The van der Waals surface area contributed by atoms with Crippen LogP contribution in [0.4, 0.5) is 4.39 Å². The van der Waals surface area contributed by atoms with Crippen LogP contribution in [0, 0.1) is 12.7 Å². The van der Waals surface area contributed by atoms with E-state index in [0.717, 1.165) is 16.7 Å². The van der Waals surface area contributed by atoms with Gasteiger partial charge < -0.3 is 11.1 Å². The van der Waals surface area contributed by atoms with Crippen molar-refractivity contribution in [3.05, 3.63) is 82.3 Å². The number of aryl methyl sites for hydroxylation is 1. The molecule has 1 aliphatic heterocycles. The molecule has 26 heavy (non-hydrogen) atoms. The molecule has 1 aliphatic rings. The van der Waals surface area contributed by atoms with Crippen molar-refractivity contribution < 1.29 is 9.18 Å². The molecule has 3 N–H and O–H groups in total. The van der Waals surface area contributed by atoms with Gasteiger partial charge in [0.1, 0.15) is 11.9 Å². The molecule has 0 fully saturated rings. The third kappa shape index (κ3) is 4.14. The van der Waals surface area contributed by atoms with E-state index in [2.05, 4.69) is 5.32 Å². The van der Waals surface area contributed by atoms with Crippen LogP contribution in [0.3, 0.4) is 0 Å². The van der Waals surface area contributed by atoms with Gasteiger partial charge in [-0.2, -0.15) is 0 Å². The van der Waals surface area contributed by atoms with Crippen LogP contribution in [0.15, 0.2) is 64.8 Å². The number of primary amides is 1. The Morgan fingerprint density at radius 1 is 1.15 bits per heavy atom. The Morgan fingerprint density at radius 2 is 1.81 bits per heavy atom. The van der Waals surface area contributed by atoms with Crippen molar-refractivity contribution in [3.8, 4) is 0 Å². The minimum absolute atomic E-state index is 0.254. The zero-order chi connectivity index (χ0) is 18.7. The maximum absolute atomic E-state index is 13.0. The second-order valence-electron chi connectivity index (χ2n) is 6.19. The maximum atomic E-state index is 13.0. The minimum atomic E-state index is -0.480. The zero-order valence-electron chi connectivity index (χ0n) is 14.6. The minimum Gasteiger partial charge on any atom is -0.366 e. The van der Waals surface area contributed by atoms with E-state index in [-0.39, 0.29) is 5.82 Å². The largest absolute Gasteiger partial charge is 0.366 e. The second-order valence-corrected chi connectivity index (χ2v) is 7.15. The van der Waals surface area contributed by atoms with Crippen molar-refractivity contribution >= 4 is 22.8 Å². The van der Waals surface area contributed by atoms with Gasteiger partial charge in [-0.25, -0.2) is 9.38 Å². The van der Waals surface area contributed by atoms with Gasteiger partial charge in [-0.3, -0.25) is 4.79 Å². The molecule has 4 nitrogen and oxygen atoms in total. The van der Waals surface area contributed by atoms with Crippen LogP contribution in [0.5, 0.6) is 0 Å². The summed E-state index contributed by atoms with van der Waals surface area (Å²) in [5.74, 6) is -0.0885. The van der Waals surface area contributed by atoms with Crippen LogP contribution in [-0.4, -0.2) is 11.1 Å². The van der Waals surface area contributed by atoms with Gasteiger partial charge in [0.25, 0.3) is 0 Å². The highest BCUT2D eigenvalue weighted by Gasteiger charge is 2.27. The first-order valence-electron chi connectivity index (χ1n) is 8.23. The lowest BCUT2D eigenvalue weighted by Crippen LogP contribution is -2.32. The van der Waals surface area contributed by atoms with Gasteiger partial charge in [0.05, 0.1) is 5.57 Å². The summed E-state index contributed by atoms with van der Waals surface area (Å²) in [4.78, 5) is 16.6. The smallest absolute Gasteiger partial charge is 0.248 e. The monoisotopic (exact) mass is 369 g/mol. The topological polar surface area (TPSA) is 67.5 Å². The number of benzene rings is 2. The number of thioether (sulfide) groups is 1. The van der Waals surface area contributed by atoms with Crippen LogP contribution < -0.4 is 11.1 Å². The Labute approximate surface area is 156 Å². The summed E-state index contributed by atoms with van der Waals surface area (Å²) in [6.07, 6.45) is 0. The fourth-order valence-electron chi connectivity index (χ4n) is 2.76. The van der Waals surface area contributed by atoms with Gasteiger partial charge >= 0.3 is 0 Å². The van der Waals surface area contributed by atoms with Crippen LogP contribution in [0.1, 0.15) is 29.7 Å². The first-order valence-corrected chi connectivity index (χ1v) is 9.22. The fourth-order valence-corrected chi connectivity index (χ4v) is 3.66. The van der Waals surface area contributed by atoms with Gasteiger partial charge in [-0.1, -0.05) is 53.7 Å². The molecule has 6 heteroatoms. The maximum Gasteiger partial charge on any atom is 0.248 e. The number of hydrogen-bond acceptors (Lipinski definition) is 4. The van der Waals surface area contributed by atoms with E-state index in [4.69, 9.17) is 10.7 Å². The molecule has 2 aromatic rings. The quantitative estimate of drug-likeness (QED) is 0.861. The van der Waals surface area contributed by atoms with Gasteiger partial charge in [0.15, 0.2) is 5.17 Å². The lowest BCUT2D eigenvalue weighted by atomic mass is 9.95. The van der Waals surface area contributed by atoms with Crippen molar-refractivity contribution in [2.24, 2.45) is 10.7 Å². The number of hydrogen-bond donors (Lipinski definition) is 2. The predicted molar refractivity (Wildman–Crippen MR) is 104 cm³/mol. The molecule has 2 aromatic carbocycles. The van der Waals surface area contributed by atoms with Crippen molar-refractivity contribution in [2.45, 2.75) is 25.6 Å². The summed E-state index contributed by atoms with van der Waals surface area (Å²) in [6, 6.07) is 13.9. The van der Waals surface area contributed by atoms with E-state index in [9.17, 15) is 9.18 Å². The third-order valence-corrected chi connectivity index (χ3v) is 5.12. The molecular formula is C20H20FN3OS. The molecule has 0 unspecified atom stereocenters. The lowest BCUT2D eigenvalue weighted by molar-refractivity contribution is -0.114. The summed E-state index contributed by atoms with van der Waals surface area (Å²) < 4.78 is 13.0. The Bertz CT molecular complexity index is 873. The number of halogens is 1. The fraction of sp³-hybridized carbons (Fsp3) is 0.200. The average molecular weight is 369 g/mol. The van der Waals surface area contributed by atoms with Crippen LogP contribution in [0.2, 0.25) is 0 Å². The zero-order valence-corrected chi connectivity index (χ0v) is 15.4. The number of nitrogens with zero attached hydrogens (tertiary/aromatic N) is 1. The Morgan fingerprint density at radius 3 is 2.42 bits per heavy atom. The van der Waals surface area contributed by atoms with Crippen molar-refractivity contribution in [1.29, 1.82) is 0 Å². The van der Waals surface area contributed by atoms with Crippen LogP contribution >= 0.6 is 11.8 Å². The molecule has 0 aromatic heterocycles.